The fourth-order valence-electron chi connectivity index (χ4n) is 2.50. The highest BCUT2D eigenvalue weighted by atomic mass is 79.9. The zero-order valence-corrected chi connectivity index (χ0v) is 19.2. The Balaban J connectivity index is 1.99. The molecule has 0 aliphatic rings. The third-order valence-electron chi connectivity index (χ3n) is 4.17. The molecule has 150 valence electrons. The number of benzene rings is 2. The fourth-order valence-corrected chi connectivity index (χ4v) is 3.24. The molecule has 2 N–H and O–H groups in total. The molecule has 5 nitrogen and oxygen atoms in total. The van der Waals surface area contributed by atoms with E-state index in [0.717, 1.165) is 40.2 Å². The Morgan fingerprint density at radius 3 is 2.43 bits per heavy atom. The van der Waals surface area contributed by atoms with Crippen molar-refractivity contribution in [1.29, 1.82) is 0 Å². The largest absolute Gasteiger partial charge is 0.493 e. The minimum absolute atomic E-state index is 0.357. The van der Waals surface area contributed by atoms with E-state index in [-0.39, 0.29) is 0 Å². The van der Waals surface area contributed by atoms with Gasteiger partial charge in [0.25, 0.3) is 11.8 Å². The van der Waals surface area contributed by atoms with Crippen LogP contribution in [-0.4, -0.2) is 18.4 Å². The topological polar surface area (TPSA) is 67.4 Å². The van der Waals surface area contributed by atoms with Crippen molar-refractivity contribution >= 4 is 43.7 Å². The lowest BCUT2D eigenvalue weighted by Crippen LogP contribution is -2.41. The standard InChI is InChI=1S/C21H24Br2N2O3/c1-3-4-5-6-11-28-19-10-9-16(22)13-17(19)21(27)25-24-20(26)15-8-7-14(2)18(23)12-15/h7-10,12-13H,3-6,11H2,1-2H3,(H,24,26)(H,25,27). The van der Waals surface area contributed by atoms with Crippen LogP contribution in [0, 0.1) is 6.92 Å². The minimum Gasteiger partial charge on any atom is -0.493 e. The number of unbranched alkanes of at least 4 members (excludes halogenated alkanes) is 3. The Hall–Kier alpha value is -1.86. The van der Waals surface area contributed by atoms with Crippen molar-refractivity contribution in [3.8, 4) is 5.75 Å². The Morgan fingerprint density at radius 1 is 0.964 bits per heavy atom. The molecule has 0 saturated carbocycles. The highest BCUT2D eigenvalue weighted by Crippen LogP contribution is 2.23. The van der Waals surface area contributed by atoms with E-state index in [9.17, 15) is 9.59 Å². The van der Waals surface area contributed by atoms with Gasteiger partial charge in [-0.2, -0.15) is 0 Å². The first-order valence-electron chi connectivity index (χ1n) is 9.21. The molecule has 0 aliphatic carbocycles. The number of halogens is 2. The molecule has 0 spiro atoms. The molecule has 28 heavy (non-hydrogen) atoms. The van der Waals surface area contributed by atoms with Crippen LogP contribution in [0.25, 0.3) is 0 Å². The molecule has 0 radical (unpaired) electrons. The number of ether oxygens (including phenoxy) is 1. The summed E-state index contributed by atoms with van der Waals surface area (Å²) < 4.78 is 7.36. The van der Waals surface area contributed by atoms with Crippen LogP contribution in [0.15, 0.2) is 45.3 Å². The summed E-state index contributed by atoms with van der Waals surface area (Å²) in [7, 11) is 0. The van der Waals surface area contributed by atoms with E-state index in [1.807, 2.05) is 19.1 Å². The third kappa shape index (κ3) is 6.63. The molecule has 0 unspecified atom stereocenters. The molecule has 2 rings (SSSR count). The maximum atomic E-state index is 12.6. The van der Waals surface area contributed by atoms with Crippen LogP contribution in [0.3, 0.4) is 0 Å². The normalized spacial score (nSPS) is 10.4. The first kappa shape index (κ1) is 22.4. The van der Waals surface area contributed by atoms with Gasteiger partial charge in [-0.25, -0.2) is 0 Å². The molecule has 0 saturated heterocycles. The molecular weight excluding hydrogens is 488 g/mol. The van der Waals surface area contributed by atoms with E-state index in [1.165, 1.54) is 0 Å². The van der Waals surface area contributed by atoms with Crippen molar-refractivity contribution in [3.63, 3.8) is 0 Å². The summed E-state index contributed by atoms with van der Waals surface area (Å²) in [5.41, 5.74) is 6.72. The molecule has 0 aromatic heterocycles. The van der Waals surface area contributed by atoms with Crippen LogP contribution in [0.1, 0.15) is 58.9 Å². The molecule has 0 fully saturated rings. The van der Waals surface area contributed by atoms with E-state index in [1.54, 1.807) is 24.3 Å². The van der Waals surface area contributed by atoms with Gasteiger partial charge < -0.3 is 4.74 Å². The quantitative estimate of drug-likeness (QED) is 0.360. The summed E-state index contributed by atoms with van der Waals surface area (Å²) in [6, 6.07) is 10.5. The Kier molecular flexibility index (Phi) is 8.99. The summed E-state index contributed by atoms with van der Waals surface area (Å²) in [6.45, 7) is 4.64. The molecule has 2 amide bonds. The summed E-state index contributed by atoms with van der Waals surface area (Å²) in [5.74, 6) is -0.347. The predicted octanol–water partition coefficient (Wildman–Crippen LogP) is 5.55. The molecular formula is C21H24Br2N2O3. The first-order chi connectivity index (χ1) is 13.4. The van der Waals surface area contributed by atoms with E-state index < -0.39 is 11.8 Å². The fraction of sp³-hybridized carbons (Fsp3) is 0.333. The van der Waals surface area contributed by atoms with Gasteiger partial charge >= 0.3 is 0 Å². The van der Waals surface area contributed by atoms with Crippen LogP contribution in [0.2, 0.25) is 0 Å². The van der Waals surface area contributed by atoms with Gasteiger partial charge in [-0.05, 0) is 49.2 Å². The molecule has 7 heteroatoms. The minimum atomic E-state index is -0.440. The van der Waals surface area contributed by atoms with Crippen molar-refractivity contribution in [3.05, 3.63) is 62.0 Å². The number of hydrazine groups is 1. The van der Waals surface area contributed by atoms with E-state index >= 15 is 0 Å². The van der Waals surface area contributed by atoms with E-state index in [2.05, 4.69) is 49.6 Å². The molecule has 0 atom stereocenters. The monoisotopic (exact) mass is 510 g/mol. The zero-order valence-electron chi connectivity index (χ0n) is 16.0. The number of carbonyl (C=O) groups is 2. The second-order valence-corrected chi connectivity index (χ2v) is 8.19. The van der Waals surface area contributed by atoms with Gasteiger partial charge in [0.05, 0.1) is 12.2 Å². The van der Waals surface area contributed by atoms with Gasteiger partial charge in [0, 0.05) is 14.5 Å². The molecule has 2 aromatic rings. The highest BCUT2D eigenvalue weighted by Gasteiger charge is 2.15. The van der Waals surface area contributed by atoms with Crippen LogP contribution in [0.4, 0.5) is 0 Å². The molecule has 0 heterocycles. The van der Waals surface area contributed by atoms with Crippen molar-refractivity contribution in [2.24, 2.45) is 0 Å². The van der Waals surface area contributed by atoms with E-state index in [0.29, 0.717) is 23.5 Å². The average Bonchev–Trinajstić information content (AvgIpc) is 2.68. The molecule has 0 bridgehead atoms. The van der Waals surface area contributed by atoms with Crippen LogP contribution >= 0.6 is 31.9 Å². The second kappa shape index (κ2) is 11.2. The predicted molar refractivity (Wildman–Crippen MR) is 118 cm³/mol. The van der Waals surface area contributed by atoms with Gasteiger partial charge in [-0.15, -0.1) is 0 Å². The second-order valence-electron chi connectivity index (χ2n) is 6.42. The number of nitrogens with one attached hydrogen (secondary N) is 2. The Labute approximate surface area is 182 Å². The van der Waals surface area contributed by atoms with Gasteiger partial charge in [0.1, 0.15) is 5.75 Å². The number of hydrogen-bond donors (Lipinski definition) is 2. The summed E-state index contributed by atoms with van der Waals surface area (Å²) in [4.78, 5) is 24.9. The van der Waals surface area contributed by atoms with Crippen LogP contribution in [-0.2, 0) is 0 Å². The zero-order chi connectivity index (χ0) is 20.5. The Bertz CT molecular complexity index is 840. The van der Waals surface area contributed by atoms with Gasteiger partial charge in [0.15, 0.2) is 0 Å². The van der Waals surface area contributed by atoms with Gasteiger partial charge in [-0.1, -0.05) is 64.1 Å². The third-order valence-corrected chi connectivity index (χ3v) is 5.51. The van der Waals surface area contributed by atoms with Crippen molar-refractivity contribution in [2.45, 2.75) is 39.5 Å². The van der Waals surface area contributed by atoms with Crippen molar-refractivity contribution in [1.82, 2.24) is 10.9 Å². The summed E-state index contributed by atoms with van der Waals surface area (Å²) in [5, 5.41) is 0. The number of carbonyl (C=O) groups excluding carboxylic acids is 2. The number of amides is 2. The SMILES string of the molecule is CCCCCCOc1ccc(Br)cc1C(=O)NNC(=O)c1ccc(C)c(Br)c1. The maximum Gasteiger partial charge on any atom is 0.273 e. The smallest absolute Gasteiger partial charge is 0.273 e. The van der Waals surface area contributed by atoms with Gasteiger partial charge in [-0.3, -0.25) is 20.4 Å². The van der Waals surface area contributed by atoms with Crippen molar-refractivity contribution in [2.75, 3.05) is 6.61 Å². The lowest BCUT2D eigenvalue weighted by molar-refractivity contribution is 0.0844. The number of rotatable bonds is 8. The first-order valence-corrected chi connectivity index (χ1v) is 10.8. The molecule has 2 aromatic carbocycles. The summed E-state index contributed by atoms with van der Waals surface area (Å²) >= 11 is 6.77. The average molecular weight is 512 g/mol. The highest BCUT2D eigenvalue weighted by molar-refractivity contribution is 9.10. The van der Waals surface area contributed by atoms with E-state index in [4.69, 9.17) is 4.74 Å². The lowest BCUT2D eigenvalue weighted by atomic mass is 10.1. The molecule has 0 aliphatic heterocycles. The van der Waals surface area contributed by atoms with Crippen LogP contribution < -0.4 is 15.6 Å². The van der Waals surface area contributed by atoms with Crippen molar-refractivity contribution < 1.29 is 14.3 Å². The van der Waals surface area contributed by atoms with Gasteiger partial charge in [0.2, 0.25) is 0 Å². The number of hydrogen-bond acceptors (Lipinski definition) is 3. The number of aryl methyl sites for hydroxylation is 1. The maximum absolute atomic E-state index is 12.6. The Morgan fingerprint density at radius 2 is 1.71 bits per heavy atom. The lowest BCUT2D eigenvalue weighted by Gasteiger charge is -2.13. The van der Waals surface area contributed by atoms with Crippen LogP contribution in [0.5, 0.6) is 5.75 Å². The summed E-state index contributed by atoms with van der Waals surface area (Å²) in [6.07, 6.45) is 4.35.